The van der Waals surface area contributed by atoms with E-state index in [0.717, 1.165) is 30.5 Å². The van der Waals surface area contributed by atoms with Crippen molar-refractivity contribution in [2.45, 2.75) is 19.9 Å². The van der Waals surface area contributed by atoms with Crippen LogP contribution in [0.3, 0.4) is 0 Å². The maximum Gasteiger partial charge on any atom is 0.133 e. The third kappa shape index (κ3) is 2.75. The second kappa shape index (κ2) is 6.23. The predicted octanol–water partition coefficient (Wildman–Crippen LogP) is 1.68. The molecule has 0 radical (unpaired) electrons. The Morgan fingerprint density at radius 2 is 2.12 bits per heavy atom. The third-order valence-electron chi connectivity index (χ3n) is 2.86. The topological polar surface area (TPSA) is 33.1 Å². The van der Waals surface area contributed by atoms with Crippen LogP contribution in [0.1, 0.15) is 25.6 Å². The fraction of sp³-hybridized carbons (Fsp3) is 0.727. The van der Waals surface area contributed by atoms with Crippen LogP contribution in [-0.4, -0.2) is 41.1 Å². The number of aryl methyl sites for hydroxylation is 1. The predicted molar refractivity (Wildman–Crippen MR) is 67.8 cm³/mol. The Hall–Kier alpha value is -0.580. The summed E-state index contributed by atoms with van der Waals surface area (Å²) in [6, 6.07) is 0.244. The SMILES string of the molecule is CCN(CC)C(CNC)c1ncn(C)c1Cl. The molecule has 0 amide bonds. The Balaban J connectivity index is 2.96. The van der Waals surface area contributed by atoms with E-state index in [-0.39, 0.29) is 6.04 Å². The highest BCUT2D eigenvalue weighted by Crippen LogP contribution is 2.25. The molecule has 0 aliphatic rings. The van der Waals surface area contributed by atoms with E-state index in [0.29, 0.717) is 0 Å². The van der Waals surface area contributed by atoms with E-state index in [1.807, 2.05) is 18.7 Å². The zero-order chi connectivity index (χ0) is 12.1. The van der Waals surface area contributed by atoms with Crippen LogP contribution in [0, 0.1) is 0 Å². The smallest absolute Gasteiger partial charge is 0.133 e. The first kappa shape index (κ1) is 13.5. The number of aromatic nitrogens is 2. The summed E-state index contributed by atoms with van der Waals surface area (Å²) >= 11 is 6.24. The standard InChI is InChI=1S/C11H21ClN4/c1-5-16(6-2)9(7-13-3)10-11(12)15(4)8-14-10/h8-9,13H,5-7H2,1-4H3. The van der Waals surface area contributed by atoms with Crippen LogP contribution >= 0.6 is 11.6 Å². The summed E-state index contributed by atoms with van der Waals surface area (Å²) in [4.78, 5) is 6.75. The summed E-state index contributed by atoms with van der Waals surface area (Å²) in [6.45, 7) is 7.16. The number of imidazole rings is 1. The highest BCUT2D eigenvalue weighted by molar-refractivity contribution is 6.30. The molecule has 0 bridgehead atoms. The van der Waals surface area contributed by atoms with Gasteiger partial charge in [-0.25, -0.2) is 4.98 Å². The van der Waals surface area contributed by atoms with Gasteiger partial charge in [0, 0.05) is 13.6 Å². The molecule has 0 fully saturated rings. The van der Waals surface area contributed by atoms with Gasteiger partial charge in [0.2, 0.25) is 0 Å². The van der Waals surface area contributed by atoms with E-state index in [9.17, 15) is 0 Å². The zero-order valence-electron chi connectivity index (χ0n) is 10.5. The quantitative estimate of drug-likeness (QED) is 0.827. The highest BCUT2D eigenvalue weighted by Gasteiger charge is 2.22. The van der Waals surface area contributed by atoms with Gasteiger partial charge in [0.15, 0.2) is 0 Å². The summed E-state index contributed by atoms with van der Waals surface area (Å²) in [6.07, 6.45) is 1.77. The fourth-order valence-electron chi connectivity index (χ4n) is 1.91. The van der Waals surface area contributed by atoms with Crippen LogP contribution in [0.4, 0.5) is 0 Å². The van der Waals surface area contributed by atoms with Gasteiger partial charge in [-0.1, -0.05) is 25.4 Å². The first-order valence-corrected chi connectivity index (χ1v) is 6.08. The number of rotatable bonds is 6. The summed E-state index contributed by atoms with van der Waals surface area (Å²) in [5, 5.41) is 3.93. The molecular formula is C11H21ClN4. The summed E-state index contributed by atoms with van der Waals surface area (Å²) < 4.78 is 1.85. The first-order valence-electron chi connectivity index (χ1n) is 5.71. The van der Waals surface area contributed by atoms with E-state index in [1.165, 1.54) is 0 Å². The van der Waals surface area contributed by atoms with Crippen molar-refractivity contribution >= 4 is 11.6 Å². The Morgan fingerprint density at radius 3 is 2.50 bits per heavy atom. The minimum atomic E-state index is 0.244. The van der Waals surface area contributed by atoms with Crippen molar-refractivity contribution in [1.82, 2.24) is 19.8 Å². The van der Waals surface area contributed by atoms with Gasteiger partial charge >= 0.3 is 0 Å². The Morgan fingerprint density at radius 1 is 1.50 bits per heavy atom. The van der Waals surface area contributed by atoms with Gasteiger partial charge in [-0.3, -0.25) is 4.90 Å². The maximum absolute atomic E-state index is 6.24. The molecule has 0 aliphatic carbocycles. The van der Waals surface area contributed by atoms with Crippen molar-refractivity contribution in [1.29, 1.82) is 0 Å². The number of hydrogen-bond acceptors (Lipinski definition) is 3. The minimum Gasteiger partial charge on any atom is -0.325 e. The molecule has 0 saturated heterocycles. The van der Waals surface area contributed by atoms with Gasteiger partial charge in [0.25, 0.3) is 0 Å². The number of hydrogen-bond donors (Lipinski definition) is 1. The molecule has 1 atom stereocenters. The van der Waals surface area contributed by atoms with Gasteiger partial charge < -0.3 is 9.88 Å². The van der Waals surface area contributed by atoms with Gasteiger partial charge in [-0.15, -0.1) is 0 Å². The highest BCUT2D eigenvalue weighted by atomic mass is 35.5. The molecule has 0 saturated carbocycles. The molecule has 92 valence electrons. The van der Waals surface area contributed by atoms with Crippen LogP contribution in [0.2, 0.25) is 5.15 Å². The molecule has 1 rings (SSSR count). The molecular weight excluding hydrogens is 224 g/mol. The molecule has 5 heteroatoms. The van der Waals surface area contributed by atoms with Gasteiger partial charge in [0.05, 0.1) is 18.1 Å². The second-order valence-electron chi connectivity index (χ2n) is 3.83. The van der Waals surface area contributed by atoms with E-state index >= 15 is 0 Å². The van der Waals surface area contributed by atoms with Crippen molar-refractivity contribution < 1.29 is 0 Å². The van der Waals surface area contributed by atoms with Crippen molar-refractivity contribution in [3.8, 4) is 0 Å². The first-order chi connectivity index (χ1) is 7.65. The average Bonchev–Trinajstić information content (AvgIpc) is 2.60. The normalized spacial score (nSPS) is 13.4. The molecule has 1 unspecified atom stereocenters. The summed E-state index contributed by atoms with van der Waals surface area (Å²) in [7, 11) is 3.87. The summed E-state index contributed by atoms with van der Waals surface area (Å²) in [5.74, 6) is 0. The lowest BCUT2D eigenvalue weighted by Gasteiger charge is -2.28. The fourth-order valence-corrected chi connectivity index (χ4v) is 2.13. The average molecular weight is 245 g/mol. The van der Waals surface area contributed by atoms with Crippen molar-refractivity contribution in [2.24, 2.45) is 7.05 Å². The minimum absolute atomic E-state index is 0.244. The van der Waals surface area contributed by atoms with Crippen LogP contribution in [0.25, 0.3) is 0 Å². The van der Waals surface area contributed by atoms with Crippen LogP contribution in [0.5, 0.6) is 0 Å². The van der Waals surface area contributed by atoms with E-state index in [4.69, 9.17) is 11.6 Å². The van der Waals surface area contributed by atoms with E-state index < -0.39 is 0 Å². The van der Waals surface area contributed by atoms with Crippen LogP contribution in [-0.2, 0) is 7.05 Å². The Bertz CT molecular complexity index is 320. The van der Waals surface area contributed by atoms with Gasteiger partial charge in [-0.05, 0) is 20.1 Å². The number of nitrogens with zero attached hydrogens (tertiary/aromatic N) is 3. The lowest BCUT2D eigenvalue weighted by atomic mass is 10.2. The van der Waals surface area contributed by atoms with Crippen molar-refractivity contribution in [3.63, 3.8) is 0 Å². The summed E-state index contributed by atoms with van der Waals surface area (Å²) in [5.41, 5.74) is 0.960. The second-order valence-corrected chi connectivity index (χ2v) is 4.18. The largest absolute Gasteiger partial charge is 0.325 e. The zero-order valence-corrected chi connectivity index (χ0v) is 11.3. The van der Waals surface area contributed by atoms with Crippen LogP contribution in [0.15, 0.2) is 6.33 Å². The third-order valence-corrected chi connectivity index (χ3v) is 3.32. The molecule has 0 aliphatic heterocycles. The number of likely N-dealkylation sites (N-methyl/N-ethyl adjacent to an activating group) is 2. The monoisotopic (exact) mass is 244 g/mol. The van der Waals surface area contributed by atoms with Gasteiger partial charge in [-0.2, -0.15) is 0 Å². The molecule has 0 aromatic carbocycles. The lowest BCUT2D eigenvalue weighted by molar-refractivity contribution is 0.212. The van der Waals surface area contributed by atoms with Crippen LogP contribution < -0.4 is 5.32 Å². The Labute approximate surface area is 103 Å². The molecule has 0 spiro atoms. The number of halogens is 1. The van der Waals surface area contributed by atoms with E-state index in [2.05, 4.69) is 29.0 Å². The van der Waals surface area contributed by atoms with Crippen molar-refractivity contribution in [2.75, 3.05) is 26.7 Å². The Kier molecular flexibility index (Phi) is 5.25. The molecule has 1 aromatic heterocycles. The molecule has 1 heterocycles. The molecule has 1 aromatic rings. The lowest BCUT2D eigenvalue weighted by Crippen LogP contribution is -2.35. The molecule has 4 nitrogen and oxygen atoms in total. The maximum atomic E-state index is 6.24. The van der Waals surface area contributed by atoms with E-state index in [1.54, 1.807) is 6.33 Å². The van der Waals surface area contributed by atoms with Crippen molar-refractivity contribution in [3.05, 3.63) is 17.2 Å². The molecule has 16 heavy (non-hydrogen) atoms. The van der Waals surface area contributed by atoms with Gasteiger partial charge in [0.1, 0.15) is 5.15 Å². The number of nitrogens with one attached hydrogen (secondary N) is 1. The molecule has 1 N–H and O–H groups in total.